The van der Waals surface area contributed by atoms with Crippen molar-refractivity contribution >= 4 is 22.6 Å². The zero-order valence-electron chi connectivity index (χ0n) is 21.8. The zero-order valence-corrected chi connectivity index (χ0v) is 21.8. The lowest BCUT2D eigenvalue weighted by atomic mass is 10.0. The Morgan fingerprint density at radius 2 is 1.97 bits per heavy atom. The molecule has 2 aromatic heterocycles. The van der Waals surface area contributed by atoms with Crippen LogP contribution >= 0.6 is 0 Å². The smallest absolute Gasteiger partial charge is 0.261 e. The molecule has 0 saturated carbocycles. The highest BCUT2D eigenvalue weighted by atomic mass is 19.2. The molecular formula is C28H30F2N6O2. The normalized spacial score (nSPS) is 14.0. The van der Waals surface area contributed by atoms with Crippen molar-refractivity contribution < 1.29 is 13.6 Å². The number of nitrogens with zero attached hydrogens (tertiary/aromatic N) is 3. The van der Waals surface area contributed by atoms with Crippen molar-refractivity contribution in [2.45, 2.75) is 32.9 Å². The number of hydrogen-bond donors (Lipinski definition) is 3. The van der Waals surface area contributed by atoms with Crippen LogP contribution in [0.4, 0.5) is 14.5 Å². The summed E-state index contributed by atoms with van der Waals surface area (Å²) in [6.07, 6.45) is 1.97. The lowest BCUT2D eigenvalue weighted by molar-refractivity contribution is 0.0768. The summed E-state index contributed by atoms with van der Waals surface area (Å²) in [7, 11) is 3.95. The van der Waals surface area contributed by atoms with E-state index in [0.29, 0.717) is 53.2 Å². The number of carbonyl (C=O) groups excluding carboxylic acids is 1. The molecule has 10 heteroatoms. The molecule has 1 aliphatic heterocycles. The first-order chi connectivity index (χ1) is 18.1. The molecule has 3 N–H and O–H groups in total. The first kappa shape index (κ1) is 25.6. The van der Waals surface area contributed by atoms with Gasteiger partial charge in [0, 0.05) is 37.4 Å². The van der Waals surface area contributed by atoms with E-state index in [0.717, 1.165) is 23.7 Å². The number of nitrogens with one attached hydrogen (secondary N) is 3. The molecule has 1 aliphatic rings. The van der Waals surface area contributed by atoms with Crippen LogP contribution in [-0.4, -0.2) is 63.9 Å². The SMILES string of the molecule is Cc1c(C[C@H](C)Nc2cc[nH]c(=O)c2-c2nc3cc4c(cc3[nH]2)CN(CCN(C)C)C4=O)ccc(F)c1F. The molecule has 5 rings (SSSR count). The second-order valence-corrected chi connectivity index (χ2v) is 10.1. The van der Waals surface area contributed by atoms with E-state index in [-0.39, 0.29) is 23.1 Å². The number of aromatic nitrogens is 3. The predicted octanol–water partition coefficient (Wildman–Crippen LogP) is 4.07. The molecule has 0 saturated heterocycles. The minimum atomic E-state index is -0.873. The first-order valence-corrected chi connectivity index (χ1v) is 12.5. The summed E-state index contributed by atoms with van der Waals surface area (Å²) in [5.41, 5.74) is 4.39. The highest BCUT2D eigenvalue weighted by Crippen LogP contribution is 2.30. The van der Waals surface area contributed by atoms with Gasteiger partial charge in [0.15, 0.2) is 11.6 Å². The van der Waals surface area contributed by atoms with Crippen LogP contribution < -0.4 is 10.9 Å². The molecule has 2 aromatic carbocycles. The fraction of sp³-hybridized carbons (Fsp3) is 0.321. The van der Waals surface area contributed by atoms with E-state index in [1.807, 2.05) is 36.9 Å². The van der Waals surface area contributed by atoms with E-state index in [2.05, 4.69) is 20.3 Å². The summed E-state index contributed by atoms with van der Waals surface area (Å²) in [5, 5.41) is 3.32. The van der Waals surface area contributed by atoms with Gasteiger partial charge < -0.3 is 25.1 Å². The zero-order chi connectivity index (χ0) is 27.1. The Hall–Kier alpha value is -4.05. The van der Waals surface area contributed by atoms with Crippen LogP contribution in [0, 0.1) is 18.6 Å². The van der Waals surface area contributed by atoms with Crippen LogP contribution in [-0.2, 0) is 13.0 Å². The van der Waals surface area contributed by atoms with Gasteiger partial charge in [-0.25, -0.2) is 13.8 Å². The van der Waals surface area contributed by atoms with Gasteiger partial charge in [-0.1, -0.05) is 6.07 Å². The Bertz CT molecular complexity index is 1590. The molecule has 1 amide bonds. The minimum Gasteiger partial charge on any atom is -0.381 e. The summed E-state index contributed by atoms with van der Waals surface area (Å²) >= 11 is 0. The monoisotopic (exact) mass is 520 g/mol. The minimum absolute atomic E-state index is 0.0189. The fourth-order valence-corrected chi connectivity index (χ4v) is 4.89. The van der Waals surface area contributed by atoms with E-state index in [9.17, 15) is 18.4 Å². The molecule has 0 unspecified atom stereocenters. The molecule has 3 heterocycles. The number of rotatable bonds is 8. The highest BCUT2D eigenvalue weighted by molar-refractivity contribution is 6.02. The number of likely N-dealkylation sites (N-methyl/N-ethyl adjacent to an activating group) is 1. The molecule has 38 heavy (non-hydrogen) atoms. The third kappa shape index (κ3) is 4.79. The summed E-state index contributed by atoms with van der Waals surface area (Å²) in [6, 6.07) is 7.95. The Balaban J connectivity index is 1.42. The Morgan fingerprint density at radius 3 is 2.74 bits per heavy atom. The Kier molecular flexibility index (Phi) is 6.75. The lowest BCUT2D eigenvalue weighted by Crippen LogP contribution is -2.31. The number of aromatic amines is 2. The summed E-state index contributed by atoms with van der Waals surface area (Å²) in [4.78, 5) is 40.3. The number of fused-ring (bicyclic) bond motifs is 2. The molecule has 198 valence electrons. The van der Waals surface area contributed by atoms with Crippen molar-refractivity contribution in [3.05, 3.63) is 80.8 Å². The summed E-state index contributed by atoms with van der Waals surface area (Å²) in [6.45, 7) is 5.41. The number of amides is 1. The molecule has 0 bridgehead atoms. The molecular weight excluding hydrogens is 490 g/mol. The van der Waals surface area contributed by atoms with Crippen molar-refractivity contribution in [3.8, 4) is 11.4 Å². The summed E-state index contributed by atoms with van der Waals surface area (Å²) in [5.74, 6) is -1.36. The highest BCUT2D eigenvalue weighted by Gasteiger charge is 2.28. The second kappa shape index (κ2) is 10.0. The topological polar surface area (TPSA) is 97.1 Å². The van der Waals surface area contributed by atoms with Crippen LogP contribution in [0.15, 0.2) is 41.3 Å². The molecule has 0 fully saturated rings. The number of carbonyl (C=O) groups is 1. The van der Waals surface area contributed by atoms with E-state index in [4.69, 9.17) is 0 Å². The Morgan fingerprint density at radius 1 is 1.18 bits per heavy atom. The fourth-order valence-electron chi connectivity index (χ4n) is 4.89. The lowest BCUT2D eigenvalue weighted by Gasteiger charge is -2.18. The van der Waals surface area contributed by atoms with Crippen LogP contribution in [0.1, 0.15) is 34.0 Å². The molecule has 0 aliphatic carbocycles. The van der Waals surface area contributed by atoms with Crippen molar-refractivity contribution in [1.29, 1.82) is 0 Å². The molecule has 8 nitrogen and oxygen atoms in total. The third-order valence-corrected chi connectivity index (χ3v) is 6.98. The van der Waals surface area contributed by atoms with Crippen LogP contribution in [0.25, 0.3) is 22.4 Å². The predicted molar refractivity (Wildman–Crippen MR) is 143 cm³/mol. The average molecular weight is 521 g/mol. The van der Waals surface area contributed by atoms with E-state index < -0.39 is 11.6 Å². The standard InChI is InChI=1S/C28H30F2N6O2/c1-15(11-17-5-6-20(29)25(30)16(17)2)32-21-7-8-31-27(37)24(21)26-33-22-12-18-14-36(10-9-35(3)4)28(38)19(18)13-23(22)34-26/h5-8,12-13,15H,9-11,14H2,1-4H3,(H,33,34)(H2,31,32,37)/t15-/m0/s1. The van der Waals surface area contributed by atoms with Crippen LogP contribution in [0.3, 0.4) is 0 Å². The molecule has 4 aromatic rings. The van der Waals surface area contributed by atoms with Gasteiger partial charge in [-0.05, 0) is 75.3 Å². The van der Waals surface area contributed by atoms with E-state index in [1.165, 1.54) is 0 Å². The van der Waals surface area contributed by atoms with Gasteiger partial charge >= 0.3 is 0 Å². The Labute approximate surface area is 218 Å². The number of halogens is 2. The quantitative estimate of drug-likeness (QED) is 0.326. The number of pyridine rings is 1. The maximum Gasteiger partial charge on any atom is 0.261 e. The van der Waals surface area contributed by atoms with E-state index >= 15 is 0 Å². The number of imidazole rings is 1. The number of benzene rings is 2. The van der Waals surface area contributed by atoms with Gasteiger partial charge in [-0.3, -0.25) is 9.59 Å². The number of H-pyrrole nitrogens is 2. The van der Waals surface area contributed by atoms with Gasteiger partial charge in [-0.15, -0.1) is 0 Å². The maximum absolute atomic E-state index is 14.0. The van der Waals surface area contributed by atoms with Crippen LogP contribution in [0.2, 0.25) is 0 Å². The van der Waals surface area contributed by atoms with Crippen molar-refractivity contribution in [1.82, 2.24) is 24.8 Å². The van der Waals surface area contributed by atoms with Crippen molar-refractivity contribution in [2.75, 3.05) is 32.5 Å². The van der Waals surface area contributed by atoms with Crippen molar-refractivity contribution in [2.24, 2.45) is 0 Å². The van der Waals surface area contributed by atoms with E-state index in [1.54, 1.807) is 31.3 Å². The van der Waals surface area contributed by atoms with Crippen LogP contribution in [0.5, 0.6) is 0 Å². The van der Waals surface area contributed by atoms with Gasteiger partial charge in [0.1, 0.15) is 11.4 Å². The van der Waals surface area contributed by atoms with Gasteiger partial charge in [0.2, 0.25) is 0 Å². The average Bonchev–Trinajstić information content (AvgIpc) is 3.41. The third-order valence-electron chi connectivity index (χ3n) is 6.98. The number of anilines is 1. The van der Waals surface area contributed by atoms with Crippen molar-refractivity contribution in [3.63, 3.8) is 0 Å². The first-order valence-electron chi connectivity index (χ1n) is 12.5. The molecule has 1 atom stereocenters. The second-order valence-electron chi connectivity index (χ2n) is 10.1. The van der Waals surface area contributed by atoms with Gasteiger partial charge in [0.25, 0.3) is 11.5 Å². The largest absolute Gasteiger partial charge is 0.381 e. The molecule has 0 spiro atoms. The molecule has 0 radical (unpaired) electrons. The number of hydrogen-bond acceptors (Lipinski definition) is 5. The maximum atomic E-state index is 14.0. The van der Waals surface area contributed by atoms with Gasteiger partial charge in [-0.2, -0.15) is 0 Å². The van der Waals surface area contributed by atoms with Gasteiger partial charge in [0.05, 0.1) is 16.7 Å². The summed E-state index contributed by atoms with van der Waals surface area (Å²) < 4.78 is 27.6.